The Morgan fingerprint density at radius 2 is 1.50 bits per heavy atom. The number of nitrogens with one attached hydrogen (secondary N) is 3. The maximum absolute atomic E-state index is 12.3. The highest BCUT2D eigenvalue weighted by Crippen LogP contribution is 2.55. The lowest BCUT2D eigenvalue weighted by Crippen LogP contribution is -2.23. The highest BCUT2D eigenvalue weighted by Gasteiger charge is 2.27. The van der Waals surface area contributed by atoms with Crippen LogP contribution >= 0.6 is 54.3 Å². The Kier molecular flexibility index (Phi) is 14.5. The summed E-state index contributed by atoms with van der Waals surface area (Å²) in [4.78, 5) is 23.0. The fraction of sp³-hybridized carbons (Fsp3) is 0.133. The van der Waals surface area contributed by atoms with Crippen molar-refractivity contribution in [2.24, 2.45) is 10.2 Å². The Bertz CT molecular complexity index is 2520. The smallest absolute Gasteiger partial charge is 0.296 e. The van der Waals surface area contributed by atoms with Crippen molar-refractivity contribution in [3.63, 3.8) is 0 Å². The minimum Gasteiger partial charge on any atom is -0.505 e. The normalized spacial score (nSPS) is 12.8. The molecule has 300 valence electrons. The van der Waals surface area contributed by atoms with Crippen molar-refractivity contribution in [1.29, 1.82) is 0 Å². The molecular formula is C30H29Br2ClN8O12S3. The zero-order chi connectivity index (χ0) is 41.6. The van der Waals surface area contributed by atoms with Gasteiger partial charge in [0, 0.05) is 28.2 Å². The lowest BCUT2D eigenvalue weighted by atomic mass is 10.1. The van der Waals surface area contributed by atoms with Crippen molar-refractivity contribution in [3.05, 3.63) is 72.0 Å². The summed E-state index contributed by atoms with van der Waals surface area (Å²) in [6.07, 6.45) is 0.715. The molecule has 9 N–H and O–H groups in total. The molecule has 1 atom stereocenters. The summed E-state index contributed by atoms with van der Waals surface area (Å²) < 4.78 is 95.3. The van der Waals surface area contributed by atoms with E-state index in [0.29, 0.717) is 23.0 Å². The monoisotopic (exact) mass is 982 g/mol. The van der Waals surface area contributed by atoms with E-state index < -0.39 is 62.8 Å². The van der Waals surface area contributed by atoms with E-state index in [1.165, 1.54) is 25.3 Å². The van der Waals surface area contributed by atoms with Gasteiger partial charge in [0.25, 0.3) is 20.2 Å². The number of anilines is 5. The summed E-state index contributed by atoms with van der Waals surface area (Å²) in [5.74, 6) is -0.995. The second kappa shape index (κ2) is 18.3. The van der Waals surface area contributed by atoms with Gasteiger partial charge in [-0.05, 0) is 59.5 Å². The number of methoxy groups -OCH3 is 1. The fourth-order valence-electron chi connectivity index (χ4n) is 4.50. The lowest BCUT2D eigenvalue weighted by Gasteiger charge is -2.22. The summed E-state index contributed by atoms with van der Waals surface area (Å²) in [5, 5.41) is 28.2. The number of amides is 1. The molecule has 0 bridgehead atoms. The van der Waals surface area contributed by atoms with E-state index in [-0.39, 0.29) is 45.3 Å². The van der Waals surface area contributed by atoms with E-state index in [2.05, 4.69) is 73.0 Å². The molecule has 20 nitrogen and oxygen atoms in total. The van der Waals surface area contributed by atoms with Gasteiger partial charge < -0.3 is 39.5 Å². The van der Waals surface area contributed by atoms with Crippen LogP contribution in [-0.4, -0.2) is 89.1 Å². The molecule has 0 aliphatic carbocycles. The number of aromatic nitrogens is 3. The van der Waals surface area contributed by atoms with Gasteiger partial charge in [0.15, 0.2) is 5.75 Å². The number of carbonyl (C=O) groups is 1. The molecule has 0 fully saturated rings. The van der Waals surface area contributed by atoms with Crippen LogP contribution in [0.25, 0.3) is 10.8 Å². The van der Waals surface area contributed by atoms with E-state index in [1.54, 1.807) is 30.3 Å². The lowest BCUT2D eigenvalue weighted by molar-refractivity contribution is -0.115. The number of halogens is 3. The number of phenolic OH excluding ortho intramolecular Hbond substituents is 1. The van der Waals surface area contributed by atoms with Crippen molar-refractivity contribution in [2.75, 3.05) is 34.6 Å². The number of carbonyl (C=O) groups excluding carboxylic acids is 1. The molecule has 1 amide bonds. The number of rotatable bonds is 12. The number of alkyl halides is 2. The molecule has 5 aromatic rings. The highest BCUT2D eigenvalue weighted by molar-refractivity contribution is 9.12. The zero-order valence-corrected chi connectivity index (χ0v) is 34.7. The molecule has 0 saturated heterocycles. The first-order valence-electron chi connectivity index (χ1n) is 14.9. The van der Waals surface area contributed by atoms with Crippen molar-refractivity contribution in [3.8, 4) is 11.5 Å². The molecule has 1 aromatic heterocycles. The molecule has 26 heteroatoms. The molecule has 56 heavy (non-hydrogen) atoms. The van der Waals surface area contributed by atoms with E-state index in [4.69, 9.17) is 20.9 Å². The molecule has 0 radical (unpaired) electrons. The Hall–Kier alpha value is -4.28. The molecule has 1 unspecified atom stereocenters. The van der Waals surface area contributed by atoms with Crippen LogP contribution in [0.15, 0.2) is 86.7 Å². The molecular weight excluding hydrogens is 956 g/mol. The van der Waals surface area contributed by atoms with E-state index >= 15 is 0 Å². The minimum atomic E-state index is -4.84. The SMILES string of the molecule is COc1ccc(N=Nc2c(S(O)(O)O)cc3cccc(Nc4nc(Cl)nc(Nc5cccc(NC(=O)C(Br)CBr)c5)n4)c3c2O)c(S(=O)(=O)O)c1.CS(=O)(=O)O. The summed E-state index contributed by atoms with van der Waals surface area (Å²) in [6.45, 7) is 0. The number of nitrogens with zero attached hydrogens (tertiary/aromatic N) is 5. The quantitative estimate of drug-likeness (QED) is 0.0328. The summed E-state index contributed by atoms with van der Waals surface area (Å²) >= 11 is 12.7. The summed E-state index contributed by atoms with van der Waals surface area (Å²) in [7, 11) is -11.8. The topological polar surface area (TPSA) is 315 Å². The maximum atomic E-state index is 12.3. The standard InChI is InChI=1S/C29H25Br2ClN8O9S2.CH4O3S/c1-49-17-8-9-19(21(12-17)50(43,44)45)39-40-24-22(51(46,47)48)10-14-4-2-7-20(23(14)25(24)41)35-29-37-27(32)36-28(38-29)34-16-6-3-5-15(11-16)33-26(42)18(31)13-30;1-5(2,3)4/h2-12,18,41,46-48H,13H2,1H3,(H,33,42)(H,43,44,45)(H2,34,35,36,37,38);1H3,(H,2,3,4). The average molecular weight is 985 g/mol. The Morgan fingerprint density at radius 3 is 2.11 bits per heavy atom. The molecule has 4 aromatic carbocycles. The Morgan fingerprint density at radius 1 is 0.875 bits per heavy atom. The number of hydrogen-bond acceptors (Lipinski definition) is 17. The van der Waals surface area contributed by atoms with Gasteiger partial charge in [0.2, 0.25) is 23.1 Å². The van der Waals surface area contributed by atoms with Crippen LogP contribution < -0.4 is 20.7 Å². The van der Waals surface area contributed by atoms with E-state index in [1.807, 2.05) is 0 Å². The predicted molar refractivity (Wildman–Crippen MR) is 217 cm³/mol. The van der Waals surface area contributed by atoms with Crippen molar-refractivity contribution in [2.45, 2.75) is 14.6 Å². The zero-order valence-electron chi connectivity index (χ0n) is 28.4. The second-order valence-corrected chi connectivity index (χ2v) is 17.4. The predicted octanol–water partition coefficient (Wildman–Crippen LogP) is 7.73. The van der Waals surface area contributed by atoms with Crippen LogP contribution in [0, 0.1) is 0 Å². The minimum absolute atomic E-state index is 0.00407. The first-order chi connectivity index (χ1) is 26.1. The maximum Gasteiger partial charge on any atom is 0.296 e. The van der Waals surface area contributed by atoms with Crippen LogP contribution in [0.5, 0.6) is 11.5 Å². The van der Waals surface area contributed by atoms with Crippen molar-refractivity contribution >= 4 is 132 Å². The van der Waals surface area contributed by atoms with E-state index in [9.17, 15) is 44.9 Å². The molecule has 0 spiro atoms. The van der Waals surface area contributed by atoms with Crippen molar-refractivity contribution in [1.82, 2.24) is 15.0 Å². The Balaban J connectivity index is 0.00000131. The van der Waals surface area contributed by atoms with Gasteiger partial charge in [-0.2, -0.15) is 31.8 Å². The largest absolute Gasteiger partial charge is 0.505 e. The van der Waals surface area contributed by atoms with Crippen LogP contribution in [0.3, 0.4) is 0 Å². The van der Waals surface area contributed by atoms with Crippen LogP contribution in [0.2, 0.25) is 5.28 Å². The van der Waals surface area contributed by atoms with Crippen LogP contribution in [0.1, 0.15) is 0 Å². The van der Waals surface area contributed by atoms with Crippen LogP contribution in [0.4, 0.5) is 40.3 Å². The second-order valence-electron chi connectivity index (χ2n) is 10.9. The summed E-state index contributed by atoms with van der Waals surface area (Å²) in [6, 6.07) is 15.9. The highest BCUT2D eigenvalue weighted by atomic mass is 79.9. The number of aromatic hydroxyl groups is 1. The third-order valence-electron chi connectivity index (χ3n) is 6.74. The Labute approximate surface area is 341 Å². The molecule has 0 aliphatic rings. The van der Waals surface area contributed by atoms with Crippen LogP contribution in [-0.2, 0) is 25.0 Å². The van der Waals surface area contributed by atoms with Gasteiger partial charge in [0.05, 0.1) is 23.9 Å². The summed E-state index contributed by atoms with van der Waals surface area (Å²) in [5.41, 5.74) is 0.103. The van der Waals surface area contributed by atoms with Gasteiger partial charge in [-0.3, -0.25) is 13.9 Å². The number of phenols is 1. The van der Waals surface area contributed by atoms with Gasteiger partial charge in [0.1, 0.15) is 37.7 Å². The number of azo groups is 1. The number of benzene rings is 4. The molecule has 0 aliphatic heterocycles. The average Bonchev–Trinajstić information content (AvgIpc) is 3.09. The third kappa shape index (κ3) is 12.4. The fourth-order valence-corrected chi connectivity index (χ4v) is 6.39. The van der Waals surface area contributed by atoms with Gasteiger partial charge in [-0.25, -0.2) is 0 Å². The third-order valence-corrected chi connectivity index (χ3v) is 10.9. The van der Waals surface area contributed by atoms with Gasteiger partial charge in [-0.1, -0.05) is 50.1 Å². The van der Waals surface area contributed by atoms with Gasteiger partial charge in [-0.15, -0.1) is 10.2 Å². The van der Waals surface area contributed by atoms with Crippen molar-refractivity contribution < 1.29 is 54.2 Å². The first-order valence-corrected chi connectivity index (χ1v) is 22.1. The number of ether oxygens (including phenoxy) is 1. The molecule has 0 saturated carbocycles. The van der Waals surface area contributed by atoms with E-state index in [0.717, 1.165) is 18.2 Å². The number of hydrogen-bond donors (Lipinski definition) is 9. The van der Waals surface area contributed by atoms with Gasteiger partial charge >= 0.3 is 0 Å². The molecule has 5 rings (SSSR count). The molecule has 1 heterocycles. The first kappa shape index (κ1) is 44.4. The number of fused-ring (bicyclic) bond motifs is 1.